The van der Waals surface area contributed by atoms with Crippen molar-refractivity contribution in [3.05, 3.63) is 0 Å². The van der Waals surface area contributed by atoms with Crippen molar-refractivity contribution in [2.45, 2.75) is 44.5 Å². The lowest BCUT2D eigenvalue weighted by Gasteiger charge is -2.19. The number of primary amides is 1. The fourth-order valence-corrected chi connectivity index (χ4v) is 1.54. The number of nitrogens with two attached hydrogens (primary N) is 2. The van der Waals surface area contributed by atoms with Crippen LogP contribution in [-0.2, 0) is 24.0 Å². The lowest BCUT2D eigenvalue weighted by atomic mass is 10.1. The molecule has 0 bridgehead atoms. The van der Waals surface area contributed by atoms with Gasteiger partial charge in [0.15, 0.2) is 0 Å². The molecule has 9 N–H and O–H groups in total. The maximum absolute atomic E-state index is 11.9. The van der Waals surface area contributed by atoms with Gasteiger partial charge in [-0.25, -0.2) is 0 Å². The molecule has 142 valence electrons. The number of carboxylic acid groups (broad SMARTS) is 1. The largest absolute Gasteiger partial charge is 0.480 e. The molecule has 0 aromatic heterocycles. The lowest BCUT2D eigenvalue weighted by molar-refractivity contribution is -0.141. The Labute approximate surface area is 143 Å². The number of aliphatic hydroxyl groups excluding tert-OH is 1. The summed E-state index contributed by atoms with van der Waals surface area (Å²) in [6.45, 7) is 1.92. The number of carboxylic acids is 1. The van der Waals surface area contributed by atoms with Gasteiger partial charge < -0.3 is 37.6 Å². The number of carbonyl (C=O) groups is 5. The van der Waals surface area contributed by atoms with Crippen LogP contribution in [0.4, 0.5) is 0 Å². The zero-order chi connectivity index (χ0) is 19.7. The normalized spacial score (nSPS) is 15.2. The summed E-state index contributed by atoms with van der Waals surface area (Å²) in [7, 11) is 0. The molecule has 0 aromatic carbocycles. The van der Waals surface area contributed by atoms with Crippen LogP contribution in [0, 0.1) is 0 Å². The van der Waals surface area contributed by atoms with E-state index in [9.17, 15) is 24.0 Å². The van der Waals surface area contributed by atoms with E-state index in [1.807, 2.05) is 0 Å². The predicted octanol–water partition coefficient (Wildman–Crippen LogP) is -4.24. The molecule has 0 aliphatic carbocycles. The molecule has 0 aliphatic rings. The van der Waals surface area contributed by atoms with Crippen LogP contribution < -0.4 is 27.4 Å². The second-order valence-corrected chi connectivity index (χ2v) is 5.34. The Hall–Kier alpha value is -2.73. The number of amides is 4. The Morgan fingerprint density at radius 2 is 1.60 bits per heavy atom. The fraction of sp³-hybridized carbons (Fsp3) is 0.615. The van der Waals surface area contributed by atoms with Gasteiger partial charge in [-0.3, -0.25) is 24.0 Å². The van der Waals surface area contributed by atoms with Crippen molar-refractivity contribution in [3.63, 3.8) is 0 Å². The highest BCUT2D eigenvalue weighted by molar-refractivity contribution is 5.94. The van der Waals surface area contributed by atoms with Gasteiger partial charge in [-0.05, 0) is 13.8 Å². The van der Waals surface area contributed by atoms with E-state index in [1.54, 1.807) is 0 Å². The SMILES string of the molecule is CC(NC(=O)C(CC(N)=O)NC(=O)CNC(=O)C(N)C(C)O)C(=O)O. The van der Waals surface area contributed by atoms with Crippen LogP contribution in [0.3, 0.4) is 0 Å². The van der Waals surface area contributed by atoms with Crippen LogP contribution >= 0.6 is 0 Å². The molecule has 0 aliphatic heterocycles. The van der Waals surface area contributed by atoms with Crippen LogP contribution in [0.25, 0.3) is 0 Å². The van der Waals surface area contributed by atoms with Gasteiger partial charge >= 0.3 is 5.97 Å². The van der Waals surface area contributed by atoms with E-state index in [-0.39, 0.29) is 0 Å². The minimum Gasteiger partial charge on any atom is -0.480 e. The Morgan fingerprint density at radius 1 is 1.04 bits per heavy atom. The zero-order valence-electron chi connectivity index (χ0n) is 13.8. The first kappa shape index (κ1) is 22.3. The van der Waals surface area contributed by atoms with Gasteiger partial charge in [-0.1, -0.05) is 0 Å². The van der Waals surface area contributed by atoms with E-state index < -0.39 is 66.8 Å². The van der Waals surface area contributed by atoms with Gasteiger partial charge in [-0.15, -0.1) is 0 Å². The third kappa shape index (κ3) is 8.62. The monoisotopic (exact) mass is 361 g/mol. The molecule has 0 saturated carbocycles. The molecule has 0 radical (unpaired) electrons. The maximum Gasteiger partial charge on any atom is 0.325 e. The third-order valence-electron chi connectivity index (χ3n) is 3.03. The number of aliphatic hydroxyl groups is 1. The number of aliphatic carboxylic acids is 1. The smallest absolute Gasteiger partial charge is 0.325 e. The molecular weight excluding hydrogens is 338 g/mol. The summed E-state index contributed by atoms with van der Waals surface area (Å²) >= 11 is 0. The van der Waals surface area contributed by atoms with Crippen molar-refractivity contribution in [1.82, 2.24) is 16.0 Å². The van der Waals surface area contributed by atoms with E-state index in [0.29, 0.717) is 0 Å². The first-order valence-corrected chi connectivity index (χ1v) is 7.27. The van der Waals surface area contributed by atoms with Crippen molar-refractivity contribution >= 4 is 29.6 Å². The molecule has 0 rings (SSSR count). The molecule has 12 nitrogen and oxygen atoms in total. The Kier molecular flexibility index (Phi) is 9.09. The highest BCUT2D eigenvalue weighted by Crippen LogP contribution is 1.95. The molecule has 0 aromatic rings. The lowest BCUT2D eigenvalue weighted by Crippen LogP contribution is -2.54. The fourth-order valence-electron chi connectivity index (χ4n) is 1.54. The summed E-state index contributed by atoms with van der Waals surface area (Å²) in [4.78, 5) is 56.9. The van der Waals surface area contributed by atoms with Gasteiger partial charge in [0.25, 0.3) is 0 Å². The molecule has 0 spiro atoms. The Bertz CT molecular complexity index is 537. The van der Waals surface area contributed by atoms with Gasteiger partial charge in [0.1, 0.15) is 18.1 Å². The molecule has 0 heterocycles. The average Bonchev–Trinajstić information content (AvgIpc) is 2.50. The predicted molar refractivity (Wildman–Crippen MR) is 83.6 cm³/mol. The summed E-state index contributed by atoms with van der Waals surface area (Å²) in [6.07, 6.45) is -1.70. The number of carbonyl (C=O) groups excluding carboxylic acids is 4. The minimum absolute atomic E-state index is 0.564. The quantitative estimate of drug-likeness (QED) is 0.202. The van der Waals surface area contributed by atoms with E-state index in [4.69, 9.17) is 21.7 Å². The van der Waals surface area contributed by atoms with Crippen molar-refractivity contribution < 1.29 is 34.2 Å². The van der Waals surface area contributed by atoms with Crippen molar-refractivity contribution in [1.29, 1.82) is 0 Å². The third-order valence-corrected chi connectivity index (χ3v) is 3.03. The molecular formula is C13H23N5O7. The number of hydrogen-bond acceptors (Lipinski definition) is 7. The highest BCUT2D eigenvalue weighted by Gasteiger charge is 2.26. The topological polar surface area (TPSA) is 214 Å². The van der Waals surface area contributed by atoms with Gasteiger partial charge in [-0.2, -0.15) is 0 Å². The standard InChI is InChI=1S/C13H23N5O7/c1-5(13(24)25)17-11(22)7(3-8(14)20)18-9(21)4-16-12(23)10(15)6(2)19/h5-7,10,19H,3-4,15H2,1-2H3,(H2,14,20)(H,16,23)(H,17,22)(H,18,21)(H,24,25). The molecule has 4 atom stereocenters. The van der Waals surface area contributed by atoms with Crippen LogP contribution in [0.5, 0.6) is 0 Å². The molecule has 4 amide bonds. The van der Waals surface area contributed by atoms with Gasteiger partial charge in [0.05, 0.1) is 19.1 Å². The Morgan fingerprint density at radius 3 is 2.04 bits per heavy atom. The second-order valence-electron chi connectivity index (χ2n) is 5.34. The number of nitrogens with one attached hydrogen (secondary N) is 3. The maximum atomic E-state index is 11.9. The van der Waals surface area contributed by atoms with Gasteiger partial charge in [0.2, 0.25) is 23.6 Å². The molecule has 4 unspecified atom stereocenters. The summed E-state index contributed by atoms with van der Waals surface area (Å²) in [5.41, 5.74) is 10.4. The van der Waals surface area contributed by atoms with E-state index in [0.717, 1.165) is 0 Å². The molecule has 0 saturated heterocycles. The molecule has 12 heteroatoms. The second kappa shape index (κ2) is 10.2. The Balaban J connectivity index is 4.72. The van der Waals surface area contributed by atoms with E-state index in [2.05, 4.69) is 16.0 Å². The molecule has 25 heavy (non-hydrogen) atoms. The number of rotatable bonds is 10. The highest BCUT2D eigenvalue weighted by atomic mass is 16.4. The summed E-state index contributed by atoms with van der Waals surface area (Å²) in [5, 5.41) is 24.3. The van der Waals surface area contributed by atoms with Gasteiger partial charge in [0, 0.05) is 0 Å². The van der Waals surface area contributed by atoms with Crippen molar-refractivity contribution in [2.24, 2.45) is 11.5 Å². The van der Waals surface area contributed by atoms with Crippen LogP contribution in [0.2, 0.25) is 0 Å². The van der Waals surface area contributed by atoms with Crippen LogP contribution in [0.15, 0.2) is 0 Å². The number of hydrogen-bond donors (Lipinski definition) is 7. The summed E-state index contributed by atoms with van der Waals surface area (Å²) in [6, 6.07) is -3.90. The minimum atomic E-state index is -1.41. The first-order chi connectivity index (χ1) is 11.5. The van der Waals surface area contributed by atoms with Crippen molar-refractivity contribution in [2.75, 3.05) is 6.54 Å². The zero-order valence-corrected chi connectivity index (χ0v) is 13.8. The van der Waals surface area contributed by atoms with E-state index in [1.165, 1.54) is 13.8 Å². The average molecular weight is 361 g/mol. The van der Waals surface area contributed by atoms with Crippen molar-refractivity contribution in [3.8, 4) is 0 Å². The van der Waals surface area contributed by atoms with Crippen LogP contribution in [0.1, 0.15) is 20.3 Å². The van der Waals surface area contributed by atoms with Crippen LogP contribution in [-0.4, -0.2) is 70.6 Å². The first-order valence-electron chi connectivity index (χ1n) is 7.27. The summed E-state index contributed by atoms with van der Waals surface area (Å²) < 4.78 is 0. The van der Waals surface area contributed by atoms with E-state index >= 15 is 0 Å². The summed E-state index contributed by atoms with van der Waals surface area (Å²) in [5.74, 6) is -4.76. The molecule has 0 fully saturated rings.